The number of rotatable bonds is 3. The molecular weight excluding hydrogens is 386 g/mol. The van der Waals surface area contributed by atoms with Crippen molar-refractivity contribution in [3.63, 3.8) is 0 Å². The first-order valence-corrected chi connectivity index (χ1v) is 11.2. The number of hydrogen-bond acceptors (Lipinski definition) is 1. The van der Waals surface area contributed by atoms with Crippen LogP contribution in [0.4, 0.5) is 11.4 Å². The fraction of sp³-hybridized carbons (Fsp3) is 0.0968. The van der Waals surface area contributed by atoms with Crippen LogP contribution in [0, 0.1) is 0 Å². The van der Waals surface area contributed by atoms with E-state index in [1.807, 2.05) is 0 Å². The first kappa shape index (κ1) is 18.9. The van der Waals surface area contributed by atoms with Gasteiger partial charge in [-0.3, -0.25) is 0 Å². The van der Waals surface area contributed by atoms with E-state index >= 15 is 0 Å². The molecule has 1 aliphatic rings. The van der Waals surface area contributed by atoms with Crippen LogP contribution in [0.15, 0.2) is 109 Å². The maximum atomic E-state index is 3.70. The van der Waals surface area contributed by atoms with Crippen molar-refractivity contribution in [3.05, 3.63) is 120 Å². The SMILES string of the molecule is CC1(C)c2cc(Nc3ccccc3-c3ccccc3)ccc2-c2cc3ccccc3cc21. The number of nitrogens with one attached hydrogen (secondary N) is 1. The van der Waals surface area contributed by atoms with Gasteiger partial charge in [-0.15, -0.1) is 0 Å². The number of benzene rings is 5. The summed E-state index contributed by atoms with van der Waals surface area (Å²) < 4.78 is 0. The van der Waals surface area contributed by atoms with E-state index in [0.717, 1.165) is 11.4 Å². The van der Waals surface area contributed by atoms with Crippen molar-refractivity contribution in [2.45, 2.75) is 19.3 Å². The minimum atomic E-state index is -0.0364. The summed E-state index contributed by atoms with van der Waals surface area (Å²) in [5, 5.41) is 6.31. The summed E-state index contributed by atoms with van der Waals surface area (Å²) in [5.41, 5.74) is 10.1. The Morgan fingerprint density at radius 3 is 2.00 bits per heavy atom. The highest BCUT2D eigenvalue weighted by atomic mass is 14.9. The minimum absolute atomic E-state index is 0.0364. The molecule has 0 amide bonds. The second-order valence-electron chi connectivity index (χ2n) is 9.17. The Morgan fingerprint density at radius 2 is 1.19 bits per heavy atom. The largest absolute Gasteiger partial charge is 0.355 e. The molecule has 5 aromatic carbocycles. The summed E-state index contributed by atoms with van der Waals surface area (Å²) in [6.07, 6.45) is 0. The fourth-order valence-electron chi connectivity index (χ4n) is 5.12. The molecule has 6 rings (SSSR count). The molecule has 1 aliphatic carbocycles. The second kappa shape index (κ2) is 7.10. The van der Waals surface area contributed by atoms with E-state index in [4.69, 9.17) is 0 Å². The fourth-order valence-corrected chi connectivity index (χ4v) is 5.12. The molecule has 5 aromatic rings. The monoisotopic (exact) mass is 411 g/mol. The van der Waals surface area contributed by atoms with Crippen molar-refractivity contribution >= 4 is 22.1 Å². The van der Waals surface area contributed by atoms with Crippen LogP contribution in [0.5, 0.6) is 0 Å². The van der Waals surface area contributed by atoms with Crippen molar-refractivity contribution in [1.29, 1.82) is 0 Å². The summed E-state index contributed by atoms with van der Waals surface area (Å²) in [7, 11) is 0. The van der Waals surface area contributed by atoms with Crippen LogP contribution in [0.25, 0.3) is 33.0 Å². The summed E-state index contributed by atoms with van der Waals surface area (Å²) in [4.78, 5) is 0. The summed E-state index contributed by atoms with van der Waals surface area (Å²) in [5.74, 6) is 0. The molecule has 32 heavy (non-hydrogen) atoms. The third-order valence-corrected chi connectivity index (χ3v) is 6.83. The van der Waals surface area contributed by atoms with Crippen molar-refractivity contribution in [2.24, 2.45) is 0 Å². The molecule has 1 nitrogen and oxygen atoms in total. The zero-order valence-corrected chi connectivity index (χ0v) is 18.4. The van der Waals surface area contributed by atoms with Crippen molar-refractivity contribution in [3.8, 4) is 22.3 Å². The maximum Gasteiger partial charge on any atom is 0.0463 e. The molecule has 0 aromatic heterocycles. The first-order valence-electron chi connectivity index (χ1n) is 11.2. The highest BCUT2D eigenvalue weighted by Gasteiger charge is 2.35. The average Bonchev–Trinajstić information content (AvgIpc) is 3.04. The van der Waals surface area contributed by atoms with Gasteiger partial charge in [0.25, 0.3) is 0 Å². The van der Waals surface area contributed by atoms with E-state index in [1.54, 1.807) is 0 Å². The summed E-state index contributed by atoms with van der Waals surface area (Å²) in [6.45, 7) is 4.68. The Balaban J connectivity index is 1.43. The summed E-state index contributed by atoms with van der Waals surface area (Å²) >= 11 is 0. The van der Waals surface area contributed by atoms with Gasteiger partial charge >= 0.3 is 0 Å². The highest BCUT2D eigenvalue weighted by molar-refractivity contribution is 5.94. The van der Waals surface area contributed by atoms with Crippen LogP contribution in [0.1, 0.15) is 25.0 Å². The molecule has 0 fully saturated rings. The van der Waals surface area contributed by atoms with Gasteiger partial charge in [-0.2, -0.15) is 0 Å². The molecule has 0 heterocycles. The zero-order valence-electron chi connectivity index (χ0n) is 18.4. The van der Waals surface area contributed by atoms with Crippen molar-refractivity contribution in [1.82, 2.24) is 0 Å². The van der Waals surface area contributed by atoms with Gasteiger partial charge in [0.1, 0.15) is 0 Å². The van der Waals surface area contributed by atoms with Crippen LogP contribution in [-0.2, 0) is 5.41 Å². The maximum absolute atomic E-state index is 3.70. The molecule has 1 N–H and O–H groups in total. The minimum Gasteiger partial charge on any atom is -0.355 e. The van der Waals surface area contributed by atoms with E-state index in [-0.39, 0.29) is 5.41 Å². The zero-order chi connectivity index (χ0) is 21.7. The topological polar surface area (TPSA) is 12.0 Å². The third kappa shape index (κ3) is 2.93. The molecule has 0 unspecified atom stereocenters. The van der Waals surface area contributed by atoms with Gasteiger partial charge in [0, 0.05) is 22.4 Å². The molecule has 0 atom stereocenters. The lowest BCUT2D eigenvalue weighted by atomic mass is 9.81. The average molecular weight is 412 g/mol. The number of fused-ring (bicyclic) bond motifs is 4. The van der Waals surface area contributed by atoms with Crippen molar-refractivity contribution < 1.29 is 0 Å². The molecular formula is C31H25N. The number of anilines is 2. The Labute approximate surface area is 189 Å². The van der Waals surface area contributed by atoms with E-state index in [2.05, 4.69) is 128 Å². The quantitative estimate of drug-likeness (QED) is 0.313. The van der Waals surface area contributed by atoms with Crippen LogP contribution in [0.2, 0.25) is 0 Å². The molecule has 0 saturated carbocycles. The Kier molecular flexibility index (Phi) is 4.19. The third-order valence-electron chi connectivity index (χ3n) is 6.83. The molecule has 0 spiro atoms. The van der Waals surface area contributed by atoms with Crippen LogP contribution >= 0.6 is 0 Å². The predicted octanol–water partition coefficient (Wildman–Crippen LogP) is 8.56. The van der Waals surface area contributed by atoms with Crippen molar-refractivity contribution in [2.75, 3.05) is 5.32 Å². The first-order chi connectivity index (χ1) is 15.6. The van der Waals surface area contributed by atoms with Crippen LogP contribution in [0.3, 0.4) is 0 Å². The molecule has 0 aliphatic heterocycles. The lowest BCUT2D eigenvalue weighted by Gasteiger charge is -2.22. The van der Waals surface area contributed by atoms with E-state index < -0.39 is 0 Å². The molecule has 0 radical (unpaired) electrons. The molecule has 0 bridgehead atoms. The molecule has 0 saturated heterocycles. The molecule has 154 valence electrons. The standard InChI is InChI=1S/C31H25N/c1-31(2)28-19-23-13-7-6-12-22(23)18-27(28)26-17-16-24(20-29(26)31)32-30-15-9-8-14-25(30)21-10-4-3-5-11-21/h3-20,32H,1-2H3. The normalized spacial score (nSPS) is 13.6. The number of para-hydroxylation sites is 1. The highest BCUT2D eigenvalue weighted by Crippen LogP contribution is 2.50. The molecule has 1 heteroatoms. The summed E-state index contributed by atoms with van der Waals surface area (Å²) in [6, 6.07) is 39.3. The van der Waals surface area contributed by atoms with Gasteiger partial charge in [-0.25, -0.2) is 0 Å². The van der Waals surface area contributed by atoms with E-state index in [1.165, 1.54) is 44.2 Å². The lowest BCUT2D eigenvalue weighted by Crippen LogP contribution is -2.15. The van der Waals surface area contributed by atoms with Gasteiger partial charge in [-0.05, 0) is 68.9 Å². The van der Waals surface area contributed by atoms with E-state index in [9.17, 15) is 0 Å². The van der Waals surface area contributed by atoms with Gasteiger partial charge in [-0.1, -0.05) is 92.7 Å². The van der Waals surface area contributed by atoms with Gasteiger partial charge < -0.3 is 5.32 Å². The van der Waals surface area contributed by atoms with Gasteiger partial charge in [0.15, 0.2) is 0 Å². The second-order valence-corrected chi connectivity index (χ2v) is 9.17. The van der Waals surface area contributed by atoms with E-state index in [0.29, 0.717) is 0 Å². The van der Waals surface area contributed by atoms with Crippen LogP contribution in [-0.4, -0.2) is 0 Å². The van der Waals surface area contributed by atoms with Crippen LogP contribution < -0.4 is 5.32 Å². The Morgan fingerprint density at radius 1 is 0.531 bits per heavy atom. The Bertz CT molecular complexity index is 1460. The smallest absolute Gasteiger partial charge is 0.0463 e. The predicted molar refractivity (Wildman–Crippen MR) is 137 cm³/mol. The Hall–Kier alpha value is -3.84. The number of hydrogen-bond donors (Lipinski definition) is 1. The van der Waals surface area contributed by atoms with Gasteiger partial charge in [0.05, 0.1) is 0 Å². The lowest BCUT2D eigenvalue weighted by molar-refractivity contribution is 0.661. The van der Waals surface area contributed by atoms with Gasteiger partial charge in [0.2, 0.25) is 0 Å².